The van der Waals surface area contributed by atoms with Gasteiger partial charge >= 0.3 is 7.12 Å². The summed E-state index contributed by atoms with van der Waals surface area (Å²) in [5.74, 6) is 1.63. The lowest BCUT2D eigenvalue weighted by Crippen LogP contribution is -2.38. The largest absolute Gasteiger partial charge is 0.632 e. The van der Waals surface area contributed by atoms with Gasteiger partial charge in [-0.25, -0.2) is 0 Å². The Morgan fingerprint density at radius 3 is 1.84 bits per heavy atom. The lowest BCUT2D eigenvalue weighted by atomic mass is 9.79. The fourth-order valence-electron chi connectivity index (χ4n) is 1.95. The van der Waals surface area contributed by atoms with Crippen molar-refractivity contribution in [2.75, 3.05) is 0 Å². The number of para-hydroxylation sites is 2. The molecule has 1 heterocycles. The maximum absolute atomic E-state index is 5.74. The molecule has 0 radical (unpaired) electrons. The molecule has 3 heteroatoms. The minimum Gasteiger partial charge on any atom is -0.519 e. The van der Waals surface area contributed by atoms with Crippen molar-refractivity contribution >= 4 is 12.6 Å². The Kier molecular flexibility index (Phi) is 4.50. The normalized spacial score (nSPS) is 11.8. The van der Waals surface area contributed by atoms with Crippen molar-refractivity contribution in [3.63, 3.8) is 0 Å². The van der Waals surface area contributed by atoms with Crippen molar-refractivity contribution in [3.8, 4) is 11.5 Å². The third-order valence-corrected chi connectivity index (χ3v) is 2.98. The molecule has 98 valence electrons. The van der Waals surface area contributed by atoms with E-state index in [-0.39, 0.29) is 7.12 Å². The van der Waals surface area contributed by atoms with Crippen LogP contribution in [0, 0.1) is 0 Å². The summed E-state index contributed by atoms with van der Waals surface area (Å²) in [6.07, 6.45) is 1.05. The van der Waals surface area contributed by atoms with E-state index in [0.29, 0.717) is 0 Å². The second kappa shape index (κ2) is 6.32. The highest BCUT2D eigenvalue weighted by Gasteiger charge is 2.33. The summed E-state index contributed by atoms with van der Waals surface area (Å²) in [6, 6.07) is 16.1. The molecule has 2 aromatic carbocycles. The quantitative estimate of drug-likeness (QED) is 0.764. The molecule has 0 spiro atoms. The third kappa shape index (κ3) is 2.92. The Hall–Kier alpha value is -1.90. The molecule has 0 saturated carbocycles. The zero-order valence-corrected chi connectivity index (χ0v) is 11.7. The predicted molar refractivity (Wildman–Crippen MR) is 80.3 cm³/mol. The van der Waals surface area contributed by atoms with E-state index in [9.17, 15) is 0 Å². The van der Waals surface area contributed by atoms with Gasteiger partial charge in [0.2, 0.25) is 0 Å². The van der Waals surface area contributed by atoms with Crippen LogP contribution in [-0.2, 0) is 6.42 Å². The summed E-state index contributed by atoms with van der Waals surface area (Å²) < 4.78 is 11.5. The van der Waals surface area contributed by atoms with Crippen molar-refractivity contribution in [3.05, 3.63) is 54.1 Å². The molecule has 0 unspecified atom stereocenters. The van der Waals surface area contributed by atoms with Crippen molar-refractivity contribution in [1.82, 2.24) is 0 Å². The van der Waals surface area contributed by atoms with E-state index in [2.05, 4.69) is 31.2 Å². The summed E-state index contributed by atoms with van der Waals surface area (Å²) >= 11 is 0. The fourth-order valence-corrected chi connectivity index (χ4v) is 1.95. The second-order valence-corrected chi connectivity index (χ2v) is 4.11. The highest BCUT2D eigenvalue weighted by atomic mass is 16.6. The van der Waals surface area contributed by atoms with Crippen LogP contribution in [0.1, 0.15) is 26.3 Å². The lowest BCUT2D eigenvalue weighted by molar-refractivity contribution is 0.519. The second-order valence-electron chi connectivity index (χ2n) is 4.11. The van der Waals surface area contributed by atoms with Gasteiger partial charge in [0.05, 0.1) is 0 Å². The van der Waals surface area contributed by atoms with Crippen molar-refractivity contribution < 1.29 is 9.31 Å². The van der Waals surface area contributed by atoms with Crippen molar-refractivity contribution in [2.45, 2.75) is 27.2 Å². The van der Waals surface area contributed by atoms with Crippen LogP contribution in [0.25, 0.3) is 0 Å². The molecule has 0 fully saturated rings. The van der Waals surface area contributed by atoms with Gasteiger partial charge in [-0.2, -0.15) is 0 Å². The molecule has 0 atom stereocenters. The standard InChI is InChI=1S/C14H13BO2.C2H6/c1-2-11-7-9-12(10-8-11)15-16-13-5-3-4-6-14(13)17-15;1-2/h3-10H,2H2,1H3;1-2H3. The highest BCUT2D eigenvalue weighted by molar-refractivity contribution is 6.63. The monoisotopic (exact) mass is 254 g/mol. The summed E-state index contributed by atoms with van der Waals surface area (Å²) in [7, 11) is -0.307. The molecule has 19 heavy (non-hydrogen) atoms. The van der Waals surface area contributed by atoms with E-state index in [4.69, 9.17) is 9.31 Å². The summed E-state index contributed by atoms with van der Waals surface area (Å²) in [6.45, 7) is 6.15. The minimum absolute atomic E-state index is 0.307. The number of aryl methyl sites for hydroxylation is 1. The third-order valence-electron chi connectivity index (χ3n) is 2.98. The highest BCUT2D eigenvalue weighted by Crippen LogP contribution is 2.32. The first-order valence-corrected chi connectivity index (χ1v) is 6.88. The van der Waals surface area contributed by atoms with Crippen LogP contribution in [0.2, 0.25) is 0 Å². The van der Waals surface area contributed by atoms with Crippen LogP contribution >= 0.6 is 0 Å². The topological polar surface area (TPSA) is 18.5 Å². The van der Waals surface area contributed by atoms with Gasteiger partial charge < -0.3 is 9.31 Å². The molecule has 0 aromatic heterocycles. The molecule has 1 aliphatic heterocycles. The zero-order valence-electron chi connectivity index (χ0n) is 11.7. The van der Waals surface area contributed by atoms with Crippen LogP contribution in [0.15, 0.2) is 48.5 Å². The SMILES string of the molecule is CC.CCc1ccc(B2Oc3ccccc3O2)cc1. The van der Waals surface area contributed by atoms with Gasteiger partial charge in [0.1, 0.15) is 11.5 Å². The van der Waals surface area contributed by atoms with Gasteiger partial charge in [-0.1, -0.05) is 57.2 Å². The summed E-state index contributed by atoms with van der Waals surface area (Å²) in [5.41, 5.74) is 2.38. The molecule has 0 N–H and O–H groups in total. The Morgan fingerprint density at radius 1 is 0.842 bits per heavy atom. The Bertz CT molecular complexity index is 498. The first-order chi connectivity index (χ1) is 9.36. The van der Waals surface area contributed by atoms with E-state index in [1.807, 2.05) is 38.1 Å². The van der Waals surface area contributed by atoms with Crippen molar-refractivity contribution in [2.24, 2.45) is 0 Å². The van der Waals surface area contributed by atoms with E-state index < -0.39 is 0 Å². The summed E-state index contributed by atoms with van der Waals surface area (Å²) in [5, 5.41) is 0. The smallest absolute Gasteiger partial charge is 0.519 e. The molecule has 2 nitrogen and oxygen atoms in total. The first kappa shape index (κ1) is 13.5. The Labute approximate surface area is 115 Å². The van der Waals surface area contributed by atoms with Crippen molar-refractivity contribution in [1.29, 1.82) is 0 Å². The van der Waals surface area contributed by atoms with Crippen LogP contribution in [0.4, 0.5) is 0 Å². The van der Waals surface area contributed by atoms with Gasteiger partial charge in [0.15, 0.2) is 0 Å². The van der Waals surface area contributed by atoms with Gasteiger partial charge in [-0.15, -0.1) is 0 Å². The molecule has 0 saturated heterocycles. The molecule has 0 amide bonds. The molecule has 0 aliphatic carbocycles. The average Bonchev–Trinajstić information content (AvgIpc) is 2.93. The van der Waals surface area contributed by atoms with E-state index in [0.717, 1.165) is 23.4 Å². The minimum atomic E-state index is -0.307. The first-order valence-electron chi connectivity index (χ1n) is 6.88. The molecule has 1 aliphatic rings. The number of fused-ring (bicyclic) bond motifs is 1. The van der Waals surface area contributed by atoms with Crippen LogP contribution in [0.3, 0.4) is 0 Å². The van der Waals surface area contributed by atoms with Gasteiger partial charge in [0.25, 0.3) is 0 Å². The molecule has 3 rings (SSSR count). The predicted octanol–water partition coefficient (Wildman–Crippen LogP) is 3.44. The van der Waals surface area contributed by atoms with Crippen LogP contribution in [0.5, 0.6) is 11.5 Å². The summed E-state index contributed by atoms with van der Waals surface area (Å²) in [4.78, 5) is 0. The Morgan fingerprint density at radius 2 is 1.37 bits per heavy atom. The average molecular weight is 254 g/mol. The lowest BCUT2D eigenvalue weighted by Gasteiger charge is -2.05. The Balaban J connectivity index is 0.000000637. The van der Waals surface area contributed by atoms with E-state index >= 15 is 0 Å². The van der Waals surface area contributed by atoms with E-state index in [1.165, 1.54) is 5.56 Å². The number of benzene rings is 2. The zero-order chi connectivity index (χ0) is 13.7. The molecular formula is C16H19BO2. The van der Waals surface area contributed by atoms with E-state index in [1.54, 1.807) is 0 Å². The molecule has 0 bridgehead atoms. The number of hydrogen-bond acceptors (Lipinski definition) is 2. The number of rotatable bonds is 2. The molecule has 2 aromatic rings. The maximum Gasteiger partial charge on any atom is 0.632 e. The number of hydrogen-bond donors (Lipinski definition) is 0. The van der Waals surface area contributed by atoms with Gasteiger partial charge in [0, 0.05) is 5.46 Å². The van der Waals surface area contributed by atoms with Gasteiger partial charge in [-0.05, 0) is 24.1 Å². The van der Waals surface area contributed by atoms with Crippen LogP contribution < -0.4 is 14.8 Å². The fraction of sp³-hybridized carbons (Fsp3) is 0.250. The molecular weight excluding hydrogens is 235 g/mol. The van der Waals surface area contributed by atoms with Crippen LogP contribution in [-0.4, -0.2) is 7.12 Å². The van der Waals surface area contributed by atoms with Gasteiger partial charge in [-0.3, -0.25) is 0 Å². The maximum atomic E-state index is 5.74.